The largest absolute Gasteiger partial charge is 0.494 e. The molecule has 11 heteroatoms. The minimum absolute atomic E-state index is 0.0166. The van der Waals surface area contributed by atoms with Gasteiger partial charge in [-0.2, -0.15) is 0 Å². The number of nitrogens with one attached hydrogen (secondary N) is 1. The Hall–Kier alpha value is -3.34. The van der Waals surface area contributed by atoms with Gasteiger partial charge in [0.1, 0.15) is 22.9 Å². The van der Waals surface area contributed by atoms with Crippen LogP contribution < -0.4 is 18.9 Å². The molecule has 1 atom stereocenters. The number of aromatic nitrogens is 4. The van der Waals surface area contributed by atoms with Crippen LogP contribution >= 0.6 is 0 Å². The van der Waals surface area contributed by atoms with Crippen LogP contribution in [0.5, 0.6) is 17.4 Å². The van der Waals surface area contributed by atoms with Crippen LogP contribution in [-0.4, -0.2) is 54.7 Å². The number of sulfonamides is 1. The van der Waals surface area contributed by atoms with Crippen molar-refractivity contribution >= 4 is 16.0 Å². The van der Waals surface area contributed by atoms with Crippen molar-refractivity contribution in [2.45, 2.75) is 37.9 Å². The average molecular weight is 488 g/mol. The molecule has 0 bridgehead atoms. The summed E-state index contributed by atoms with van der Waals surface area (Å²) in [5.41, 5.74) is 0.884. The lowest BCUT2D eigenvalue weighted by Gasteiger charge is -2.28. The molecule has 34 heavy (non-hydrogen) atoms. The minimum Gasteiger partial charge on any atom is -0.494 e. The van der Waals surface area contributed by atoms with Crippen LogP contribution in [0.15, 0.2) is 36.4 Å². The molecular formula is C23H29N5O5S. The number of methoxy groups -OCH3 is 3. The molecule has 1 N–H and O–H groups in total. The van der Waals surface area contributed by atoms with Crippen molar-refractivity contribution in [3.05, 3.63) is 36.4 Å². The summed E-state index contributed by atoms with van der Waals surface area (Å²) >= 11 is 0. The van der Waals surface area contributed by atoms with E-state index < -0.39 is 15.3 Å². The van der Waals surface area contributed by atoms with E-state index in [9.17, 15) is 8.42 Å². The van der Waals surface area contributed by atoms with Crippen LogP contribution in [0.4, 0.5) is 5.95 Å². The topological polar surface area (TPSA) is 117 Å². The SMILES string of the molecule is COc1cccc(-c2nnc(NS(=O)(=O)[C@@H](C)CC3CCC3)n2-c2c(OC)cccc2OC)n1. The predicted octanol–water partition coefficient (Wildman–Crippen LogP) is 3.68. The molecule has 0 radical (unpaired) electrons. The second-order valence-electron chi connectivity index (χ2n) is 8.25. The zero-order valence-electron chi connectivity index (χ0n) is 19.7. The number of nitrogens with zero attached hydrogens (tertiary/aromatic N) is 4. The molecule has 4 rings (SSSR count). The van der Waals surface area contributed by atoms with E-state index >= 15 is 0 Å². The minimum atomic E-state index is -3.74. The van der Waals surface area contributed by atoms with Crippen molar-refractivity contribution in [2.75, 3.05) is 26.1 Å². The van der Waals surface area contributed by atoms with Gasteiger partial charge in [-0.05, 0) is 37.5 Å². The summed E-state index contributed by atoms with van der Waals surface area (Å²) < 4.78 is 47.1. The molecule has 0 spiro atoms. The van der Waals surface area contributed by atoms with Crippen LogP contribution in [0.1, 0.15) is 32.6 Å². The van der Waals surface area contributed by atoms with Gasteiger partial charge in [0.25, 0.3) is 0 Å². The highest BCUT2D eigenvalue weighted by Crippen LogP contribution is 2.38. The molecule has 3 aromatic rings. The molecular weight excluding hydrogens is 458 g/mol. The number of para-hydroxylation sites is 1. The maximum atomic E-state index is 13.2. The van der Waals surface area contributed by atoms with Gasteiger partial charge in [0.15, 0.2) is 5.82 Å². The number of pyridine rings is 1. The fraction of sp³-hybridized carbons (Fsp3) is 0.435. The maximum absolute atomic E-state index is 13.2. The van der Waals surface area contributed by atoms with Gasteiger partial charge in [-0.3, -0.25) is 9.29 Å². The van der Waals surface area contributed by atoms with Gasteiger partial charge in [-0.15, -0.1) is 10.2 Å². The van der Waals surface area contributed by atoms with E-state index in [-0.39, 0.29) is 5.95 Å². The highest BCUT2D eigenvalue weighted by atomic mass is 32.2. The number of rotatable bonds is 10. The maximum Gasteiger partial charge on any atom is 0.243 e. The molecule has 1 fully saturated rings. The first-order chi connectivity index (χ1) is 16.4. The Morgan fingerprint density at radius 1 is 1.03 bits per heavy atom. The first-order valence-corrected chi connectivity index (χ1v) is 12.6. The summed E-state index contributed by atoms with van der Waals surface area (Å²) in [6.45, 7) is 1.72. The Morgan fingerprint density at radius 3 is 2.29 bits per heavy atom. The Bertz CT molecular complexity index is 1230. The van der Waals surface area contributed by atoms with Crippen LogP contribution in [0, 0.1) is 5.92 Å². The molecule has 0 amide bonds. The van der Waals surface area contributed by atoms with E-state index in [0.717, 1.165) is 19.3 Å². The Morgan fingerprint density at radius 2 is 1.71 bits per heavy atom. The van der Waals surface area contributed by atoms with E-state index in [4.69, 9.17) is 14.2 Å². The van der Waals surface area contributed by atoms with E-state index in [0.29, 0.717) is 46.9 Å². The molecule has 1 aliphatic carbocycles. The van der Waals surface area contributed by atoms with Crippen LogP contribution in [-0.2, 0) is 10.0 Å². The zero-order valence-corrected chi connectivity index (χ0v) is 20.5. The average Bonchev–Trinajstić information content (AvgIpc) is 3.22. The third-order valence-corrected chi connectivity index (χ3v) is 7.82. The molecule has 1 saturated carbocycles. The molecule has 2 heterocycles. The predicted molar refractivity (Wildman–Crippen MR) is 128 cm³/mol. The van der Waals surface area contributed by atoms with Crippen LogP contribution in [0.3, 0.4) is 0 Å². The zero-order chi connectivity index (χ0) is 24.3. The first-order valence-electron chi connectivity index (χ1n) is 11.1. The molecule has 2 aromatic heterocycles. The van der Waals surface area contributed by atoms with Crippen LogP contribution in [0.25, 0.3) is 17.2 Å². The van der Waals surface area contributed by atoms with Crippen molar-refractivity contribution in [1.29, 1.82) is 0 Å². The molecule has 1 aromatic carbocycles. The third kappa shape index (κ3) is 4.65. The van der Waals surface area contributed by atoms with E-state index in [1.807, 2.05) is 0 Å². The highest BCUT2D eigenvalue weighted by molar-refractivity contribution is 7.93. The summed E-state index contributed by atoms with van der Waals surface area (Å²) in [4.78, 5) is 4.46. The number of hydrogen-bond acceptors (Lipinski definition) is 8. The summed E-state index contributed by atoms with van der Waals surface area (Å²) in [7, 11) is 0.830. The molecule has 182 valence electrons. The van der Waals surface area contributed by atoms with E-state index in [1.165, 1.54) is 21.3 Å². The first kappa shape index (κ1) is 23.8. The van der Waals surface area contributed by atoms with Crippen molar-refractivity contribution in [2.24, 2.45) is 5.92 Å². The number of anilines is 1. The second kappa shape index (κ2) is 9.88. The third-order valence-electron chi connectivity index (χ3n) is 6.10. The Balaban J connectivity index is 1.84. The Labute approximate surface area is 199 Å². The number of ether oxygens (including phenoxy) is 3. The van der Waals surface area contributed by atoms with Gasteiger partial charge in [0.2, 0.25) is 21.9 Å². The highest BCUT2D eigenvalue weighted by Gasteiger charge is 2.31. The van der Waals surface area contributed by atoms with Gasteiger partial charge < -0.3 is 14.2 Å². The molecule has 1 aliphatic rings. The standard InChI is InChI=1S/C23H29N5O5S/c1-15(14-16-8-5-9-16)34(29,30)27-23-26-25-22(17-10-6-13-20(24-17)33-4)28(23)21-18(31-2)11-7-12-19(21)32-3/h6-7,10-13,15-16H,5,8-9,14H2,1-4H3,(H,26,27)/t15-/m0/s1. The summed E-state index contributed by atoms with van der Waals surface area (Å²) in [6.07, 6.45) is 3.90. The summed E-state index contributed by atoms with van der Waals surface area (Å²) in [5, 5.41) is 7.88. The fourth-order valence-corrected chi connectivity index (χ4v) is 5.10. The van der Waals surface area contributed by atoms with Crippen molar-refractivity contribution in [1.82, 2.24) is 19.7 Å². The quantitative estimate of drug-likeness (QED) is 0.460. The van der Waals surface area contributed by atoms with Crippen LogP contribution in [0.2, 0.25) is 0 Å². The number of hydrogen-bond donors (Lipinski definition) is 1. The van der Waals surface area contributed by atoms with Gasteiger partial charge in [0, 0.05) is 6.07 Å². The van der Waals surface area contributed by atoms with E-state index in [2.05, 4.69) is 19.9 Å². The molecule has 0 aliphatic heterocycles. The van der Waals surface area contributed by atoms with Gasteiger partial charge in [-0.25, -0.2) is 13.4 Å². The van der Waals surface area contributed by atoms with Crippen molar-refractivity contribution < 1.29 is 22.6 Å². The summed E-state index contributed by atoms with van der Waals surface area (Å²) in [6, 6.07) is 10.5. The van der Waals surface area contributed by atoms with Gasteiger partial charge in [0.05, 0.1) is 26.6 Å². The smallest absolute Gasteiger partial charge is 0.243 e. The lowest BCUT2D eigenvalue weighted by molar-refractivity contribution is 0.294. The second-order valence-corrected chi connectivity index (χ2v) is 10.3. The Kier molecular flexibility index (Phi) is 6.92. The lowest BCUT2D eigenvalue weighted by atomic mass is 9.82. The van der Waals surface area contributed by atoms with Gasteiger partial charge in [-0.1, -0.05) is 31.4 Å². The van der Waals surface area contributed by atoms with Crippen molar-refractivity contribution in [3.8, 4) is 34.6 Å². The lowest BCUT2D eigenvalue weighted by Crippen LogP contribution is -2.30. The molecule has 10 nitrogen and oxygen atoms in total. The number of benzene rings is 1. The molecule has 0 unspecified atom stereocenters. The van der Waals surface area contributed by atoms with Crippen molar-refractivity contribution in [3.63, 3.8) is 0 Å². The van der Waals surface area contributed by atoms with Gasteiger partial charge >= 0.3 is 0 Å². The fourth-order valence-electron chi connectivity index (χ4n) is 3.99. The summed E-state index contributed by atoms with van der Waals surface area (Å²) in [5.74, 6) is 2.04. The normalized spacial score (nSPS) is 14.8. The monoisotopic (exact) mass is 487 g/mol. The van der Waals surface area contributed by atoms with E-state index in [1.54, 1.807) is 47.9 Å². The molecule has 0 saturated heterocycles.